The van der Waals surface area contributed by atoms with Gasteiger partial charge in [-0.15, -0.1) is 0 Å². The molecule has 2 aromatic rings. The Morgan fingerprint density at radius 1 is 0.964 bits per heavy atom. The summed E-state index contributed by atoms with van der Waals surface area (Å²) in [5, 5.41) is 0. The fourth-order valence-electron chi connectivity index (χ4n) is 2.60. The van der Waals surface area contributed by atoms with Gasteiger partial charge in [-0.2, -0.15) is 4.31 Å². The summed E-state index contributed by atoms with van der Waals surface area (Å²) in [5.41, 5.74) is 0.662. The van der Waals surface area contributed by atoms with Gasteiger partial charge in [-0.25, -0.2) is 16.8 Å². The van der Waals surface area contributed by atoms with Crippen LogP contribution in [0.1, 0.15) is 18.5 Å². The second-order valence-corrected chi connectivity index (χ2v) is 11.0. The van der Waals surface area contributed by atoms with Gasteiger partial charge in [0.15, 0.2) is 21.3 Å². The predicted octanol–water partition coefficient (Wildman–Crippen LogP) is 3.25. The molecule has 0 aliphatic rings. The highest BCUT2D eigenvalue weighted by atomic mass is 79.9. The second-order valence-electron chi connectivity index (χ2n) is 6.18. The molecule has 0 spiro atoms. The van der Waals surface area contributed by atoms with E-state index in [2.05, 4.69) is 15.9 Å². The minimum absolute atomic E-state index is 0.0345. The average molecular weight is 492 g/mol. The first kappa shape index (κ1) is 22.7. The highest BCUT2D eigenvalue weighted by Gasteiger charge is 2.29. The van der Waals surface area contributed by atoms with E-state index in [1.807, 2.05) is 0 Å². The smallest absolute Gasteiger partial charge is 0.244 e. The van der Waals surface area contributed by atoms with Gasteiger partial charge in [0, 0.05) is 29.9 Å². The molecule has 154 valence electrons. The van der Waals surface area contributed by atoms with Crippen molar-refractivity contribution in [1.82, 2.24) is 4.31 Å². The largest absolute Gasteiger partial charge is 0.493 e. The van der Waals surface area contributed by atoms with E-state index in [1.54, 1.807) is 19.1 Å². The number of nitrogens with zero attached hydrogens (tertiary/aromatic N) is 1. The first-order valence-corrected chi connectivity index (χ1v) is 12.3. The standard InChI is InChI=1S/C18H22BrNO6S2/c1-12(13-6-8-14(9-7-13)27(5,21)22)20(2)28(23,24)18-11-17(26-4)16(25-3)10-15(18)19/h6-12H,1-5H3/t12-/m0/s1. The minimum Gasteiger partial charge on any atom is -0.493 e. The zero-order valence-electron chi connectivity index (χ0n) is 16.1. The van der Waals surface area contributed by atoms with Gasteiger partial charge in [-0.05, 0) is 46.6 Å². The van der Waals surface area contributed by atoms with E-state index >= 15 is 0 Å². The molecule has 0 aliphatic heterocycles. The van der Waals surface area contributed by atoms with Crippen molar-refractivity contribution >= 4 is 35.8 Å². The average Bonchev–Trinajstić information content (AvgIpc) is 2.65. The van der Waals surface area contributed by atoms with Gasteiger partial charge in [0.05, 0.1) is 19.1 Å². The van der Waals surface area contributed by atoms with Crippen LogP contribution in [-0.4, -0.2) is 48.7 Å². The summed E-state index contributed by atoms with van der Waals surface area (Å²) in [6, 6.07) is 8.55. The molecule has 28 heavy (non-hydrogen) atoms. The third kappa shape index (κ3) is 4.51. The molecular weight excluding hydrogens is 470 g/mol. The number of rotatable bonds is 7. The lowest BCUT2D eigenvalue weighted by atomic mass is 10.1. The first-order valence-electron chi connectivity index (χ1n) is 8.13. The van der Waals surface area contributed by atoms with Crippen molar-refractivity contribution < 1.29 is 26.3 Å². The van der Waals surface area contributed by atoms with Crippen LogP contribution >= 0.6 is 15.9 Å². The molecule has 1 atom stereocenters. The molecule has 0 radical (unpaired) electrons. The maximum absolute atomic E-state index is 13.2. The molecule has 0 heterocycles. The second kappa shape index (κ2) is 8.40. The maximum atomic E-state index is 13.2. The quantitative estimate of drug-likeness (QED) is 0.590. The Morgan fingerprint density at radius 3 is 1.93 bits per heavy atom. The lowest BCUT2D eigenvalue weighted by Gasteiger charge is -2.25. The summed E-state index contributed by atoms with van der Waals surface area (Å²) in [6.07, 6.45) is 1.12. The van der Waals surface area contributed by atoms with Gasteiger partial charge in [0.1, 0.15) is 4.90 Å². The van der Waals surface area contributed by atoms with Crippen molar-refractivity contribution in [2.75, 3.05) is 27.5 Å². The van der Waals surface area contributed by atoms with Crippen LogP contribution in [0.2, 0.25) is 0 Å². The molecule has 2 aromatic carbocycles. The van der Waals surface area contributed by atoms with Crippen LogP contribution in [0.25, 0.3) is 0 Å². The fourth-order valence-corrected chi connectivity index (χ4v) is 5.58. The van der Waals surface area contributed by atoms with Crippen molar-refractivity contribution in [1.29, 1.82) is 0 Å². The number of hydrogen-bond donors (Lipinski definition) is 0. The third-order valence-corrected chi connectivity index (χ3v) is 8.45. The highest BCUT2D eigenvalue weighted by molar-refractivity contribution is 9.10. The van der Waals surface area contributed by atoms with E-state index in [-0.39, 0.29) is 9.79 Å². The number of methoxy groups -OCH3 is 2. The third-order valence-electron chi connectivity index (χ3n) is 4.43. The van der Waals surface area contributed by atoms with Crippen molar-refractivity contribution in [3.63, 3.8) is 0 Å². The first-order chi connectivity index (χ1) is 12.9. The summed E-state index contributed by atoms with van der Waals surface area (Å²) in [5.74, 6) is 0.697. The van der Waals surface area contributed by atoms with Crippen LogP contribution < -0.4 is 9.47 Å². The molecule has 0 saturated heterocycles. The van der Waals surface area contributed by atoms with E-state index in [4.69, 9.17) is 9.47 Å². The van der Waals surface area contributed by atoms with Crippen molar-refractivity contribution in [2.45, 2.75) is 22.8 Å². The zero-order valence-corrected chi connectivity index (χ0v) is 19.4. The van der Waals surface area contributed by atoms with Crippen LogP contribution in [0, 0.1) is 0 Å². The monoisotopic (exact) mass is 491 g/mol. The lowest BCUT2D eigenvalue weighted by Crippen LogP contribution is -2.30. The number of hydrogen-bond acceptors (Lipinski definition) is 6. The highest BCUT2D eigenvalue weighted by Crippen LogP contribution is 2.38. The zero-order chi connectivity index (χ0) is 21.3. The van der Waals surface area contributed by atoms with E-state index in [0.29, 0.717) is 21.5 Å². The summed E-state index contributed by atoms with van der Waals surface area (Å²) in [7, 11) is -2.84. The van der Waals surface area contributed by atoms with Crippen molar-refractivity contribution in [3.8, 4) is 11.5 Å². The topological polar surface area (TPSA) is 90.0 Å². The molecule has 0 aliphatic carbocycles. The molecule has 0 aromatic heterocycles. The van der Waals surface area contributed by atoms with E-state index < -0.39 is 25.9 Å². The molecule has 0 bridgehead atoms. The number of benzene rings is 2. The van der Waals surface area contributed by atoms with Crippen molar-refractivity contribution in [2.24, 2.45) is 0 Å². The summed E-state index contributed by atoms with van der Waals surface area (Å²) < 4.78 is 61.5. The van der Waals surface area contributed by atoms with Gasteiger partial charge in [-0.1, -0.05) is 12.1 Å². The fraction of sp³-hybridized carbons (Fsp3) is 0.333. The van der Waals surface area contributed by atoms with Crippen LogP contribution in [0.15, 0.2) is 50.7 Å². The molecule has 0 saturated carbocycles. The molecule has 0 N–H and O–H groups in total. The lowest BCUT2D eigenvalue weighted by molar-refractivity contribution is 0.352. The van der Waals surface area contributed by atoms with Gasteiger partial charge >= 0.3 is 0 Å². The Morgan fingerprint density at radius 2 is 1.46 bits per heavy atom. The van der Waals surface area contributed by atoms with Gasteiger partial charge < -0.3 is 9.47 Å². The molecule has 7 nitrogen and oxygen atoms in total. The van der Waals surface area contributed by atoms with Gasteiger partial charge in [0.2, 0.25) is 10.0 Å². The molecule has 0 amide bonds. The predicted molar refractivity (Wildman–Crippen MR) is 110 cm³/mol. The Kier molecular flexibility index (Phi) is 6.80. The molecule has 0 fully saturated rings. The van der Waals surface area contributed by atoms with Crippen LogP contribution in [-0.2, 0) is 19.9 Å². The molecule has 10 heteroatoms. The van der Waals surface area contributed by atoms with Crippen molar-refractivity contribution in [3.05, 3.63) is 46.4 Å². The minimum atomic E-state index is -3.88. The van der Waals surface area contributed by atoms with Crippen LogP contribution in [0.3, 0.4) is 0 Å². The van der Waals surface area contributed by atoms with E-state index in [9.17, 15) is 16.8 Å². The Balaban J connectivity index is 2.43. The summed E-state index contributed by atoms with van der Waals surface area (Å²) >= 11 is 3.28. The Bertz CT molecular complexity index is 1070. The number of sulfonamides is 1. The number of halogens is 1. The Labute approximate surface area is 174 Å². The molecule has 2 rings (SSSR count). The van der Waals surface area contributed by atoms with Crippen LogP contribution in [0.5, 0.6) is 11.5 Å². The number of ether oxygens (including phenoxy) is 2. The van der Waals surface area contributed by atoms with E-state index in [1.165, 1.54) is 49.8 Å². The van der Waals surface area contributed by atoms with Gasteiger partial charge in [-0.3, -0.25) is 0 Å². The number of sulfone groups is 1. The SMILES string of the molecule is COc1cc(Br)c(S(=O)(=O)N(C)[C@@H](C)c2ccc(S(C)(=O)=O)cc2)cc1OC. The van der Waals surface area contributed by atoms with Crippen LogP contribution in [0.4, 0.5) is 0 Å². The van der Waals surface area contributed by atoms with E-state index in [0.717, 1.165) is 6.26 Å². The molecular formula is C18H22BrNO6S2. The summed E-state index contributed by atoms with van der Waals surface area (Å²) in [4.78, 5) is 0.212. The normalized spacial score (nSPS) is 13.4. The Hall–Kier alpha value is -1.62. The summed E-state index contributed by atoms with van der Waals surface area (Å²) in [6.45, 7) is 1.72. The maximum Gasteiger partial charge on any atom is 0.244 e. The van der Waals surface area contributed by atoms with Gasteiger partial charge in [0.25, 0.3) is 0 Å². The molecule has 0 unspecified atom stereocenters.